The van der Waals surface area contributed by atoms with Crippen molar-refractivity contribution in [3.8, 4) is 0 Å². The molecule has 6 heteroatoms. The summed E-state index contributed by atoms with van der Waals surface area (Å²) in [6.45, 7) is 5.25. The van der Waals surface area contributed by atoms with Gasteiger partial charge >= 0.3 is 6.03 Å². The van der Waals surface area contributed by atoms with Crippen molar-refractivity contribution in [2.24, 2.45) is 0 Å². The maximum Gasteiger partial charge on any atom is 0.325 e. The van der Waals surface area contributed by atoms with Gasteiger partial charge in [0, 0.05) is 6.04 Å². The Morgan fingerprint density at radius 3 is 2.41 bits per heavy atom. The number of carbonyl (C=O) groups excluding carboxylic acids is 3. The molecule has 0 aliphatic carbocycles. The average molecular weight is 393 g/mol. The number of nitrogens with zero attached hydrogens (tertiary/aromatic N) is 1. The number of urea groups is 1. The van der Waals surface area contributed by atoms with Gasteiger partial charge in [-0.2, -0.15) is 0 Å². The van der Waals surface area contributed by atoms with Crippen molar-refractivity contribution < 1.29 is 14.4 Å². The summed E-state index contributed by atoms with van der Waals surface area (Å²) in [7, 11) is 0. The molecule has 3 rings (SSSR count). The van der Waals surface area contributed by atoms with E-state index < -0.39 is 17.5 Å². The van der Waals surface area contributed by atoms with Crippen LogP contribution in [0.3, 0.4) is 0 Å². The van der Waals surface area contributed by atoms with Crippen molar-refractivity contribution in [1.29, 1.82) is 0 Å². The third-order valence-electron chi connectivity index (χ3n) is 5.32. The van der Waals surface area contributed by atoms with Crippen LogP contribution in [0.15, 0.2) is 54.6 Å². The highest BCUT2D eigenvalue weighted by Crippen LogP contribution is 2.28. The van der Waals surface area contributed by atoms with Gasteiger partial charge in [-0.25, -0.2) is 4.79 Å². The van der Waals surface area contributed by atoms with Crippen LogP contribution in [0.2, 0.25) is 0 Å². The minimum absolute atomic E-state index is 0.0630. The average Bonchev–Trinajstić information content (AvgIpc) is 2.91. The fourth-order valence-corrected chi connectivity index (χ4v) is 3.49. The summed E-state index contributed by atoms with van der Waals surface area (Å²) in [4.78, 5) is 38.7. The second-order valence-electron chi connectivity index (χ2n) is 7.81. The smallest absolute Gasteiger partial charge is 0.325 e. The summed E-state index contributed by atoms with van der Waals surface area (Å²) < 4.78 is 0. The fraction of sp³-hybridized carbons (Fsp3) is 0.348. The lowest BCUT2D eigenvalue weighted by molar-refractivity contribution is -0.135. The Morgan fingerprint density at radius 1 is 1.10 bits per heavy atom. The lowest BCUT2D eigenvalue weighted by Crippen LogP contribution is -2.45. The number of hydrogen-bond donors (Lipinski definition) is 2. The molecule has 0 bridgehead atoms. The maximum atomic E-state index is 12.9. The SMILES string of the molecule is Cc1ccc(C2(C)NC(=O)N(CC(=O)NC(C)CCc3ccccc3)C2=O)cc1. The van der Waals surface area contributed by atoms with Crippen LogP contribution in [0.4, 0.5) is 4.79 Å². The number of nitrogens with one attached hydrogen (secondary N) is 2. The Morgan fingerprint density at radius 2 is 1.76 bits per heavy atom. The van der Waals surface area contributed by atoms with Gasteiger partial charge in [0.25, 0.3) is 5.91 Å². The molecule has 29 heavy (non-hydrogen) atoms. The zero-order chi connectivity index (χ0) is 21.0. The molecule has 4 amide bonds. The van der Waals surface area contributed by atoms with E-state index in [0.29, 0.717) is 5.56 Å². The lowest BCUT2D eigenvalue weighted by Gasteiger charge is -2.22. The number of imide groups is 1. The van der Waals surface area contributed by atoms with E-state index in [9.17, 15) is 14.4 Å². The van der Waals surface area contributed by atoms with Crippen LogP contribution in [0.1, 0.15) is 37.0 Å². The molecule has 1 fully saturated rings. The first-order chi connectivity index (χ1) is 13.8. The van der Waals surface area contributed by atoms with Gasteiger partial charge in [0.2, 0.25) is 5.91 Å². The first-order valence-corrected chi connectivity index (χ1v) is 9.84. The number of carbonyl (C=O) groups is 3. The molecule has 6 nitrogen and oxygen atoms in total. The van der Waals surface area contributed by atoms with E-state index in [1.54, 1.807) is 6.92 Å². The summed E-state index contributed by atoms with van der Waals surface area (Å²) in [5, 5.41) is 5.61. The van der Waals surface area contributed by atoms with Gasteiger partial charge < -0.3 is 10.6 Å². The first kappa shape index (κ1) is 20.6. The van der Waals surface area contributed by atoms with Crippen LogP contribution < -0.4 is 10.6 Å². The molecule has 0 saturated carbocycles. The molecule has 0 radical (unpaired) electrons. The van der Waals surface area contributed by atoms with Crippen LogP contribution >= 0.6 is 0 Å². The van der Waals surface area contributed by atoms with Crippen molar-refractivity contribution in [1.82, 2.24) is 15.5 Å². The van der Waals surface area contributed by atoms with Crippen LogP contribution in [0, 0.1) is 6.92 Å². The van der Waals surface area contributed by atoms with Gasteiger partial charge in [0.15, 0.2) is 0 Å². The van der Waals surface area contributed by atoms with Crippen molar-refractivity contribution in [2.45, 2.75) is 45.2 Å². The number of amides is 4. The first-order valence-electron chi connectivity index (χ1n) is 9.84. The number of aryl methyl sites for hydroxylation is 2. The van der Waals surface area contributed by atoms with Gasteiger partial charge in [-0.05, 0) is 44.7 Å². The molecule has 2 unspecified atom stereocenters. The normalized spacial score (nSPS) is 19.8. The Kier molecular flexibility index (Phi) is 6.01. The molecule has 0 aromatic heterocycles. The van der Waals surface area contributed by atoms with Crippen molar-refractivity contribution in [2.75, 3.05) is 6.54 Å². The molecule has 1 aliphatic heterocycles. The largest absolute Gasteiger partial charge is 0.352 e. The third kappa shape index (κ3) is 4.65. The van der Waals surface area contributed by atoms with Crippen LogP contribution in [0.25, 0.3) is 0 Å². The quantitative estimate of drug-likeness (QED) is 0.710. The van der Waals surface area contributed by atoms with E-state index in [0.717, 1.165) is 23.3 Å². The summed E-state index contributed by atoms with van der Waals surface area (Å²) in [5.74, 6) is -0.763. The van der Waals surface area contributed by atoms with Gasteiger partial charge in [-0.1, -0.05) is 60.2 Å². The second-order valence-corrected chi connectivity index (χ2v) is 7.81. The highest BCUT2D eigenvalue weighted by Gasteiger charge is 2.49. The van der Waals surface area contributed by atoms with Gasteiger partial charge in [-0.15, -0.1) is 0 Å². The molecule has 2 N–H and O–H groups in total. The van der Waals surface area contributed by atoms with Crippen LogP contribution in [-0.2, 0) is 21.5 Å². The third-order valence-corrected chi connectivity index (χ3v) is 5.32. The Bertz CT molecular complexity index is 895. The number of rotatable bonds is 7. The van der Waals surface area contributed by atoms with Crippen molar-refractivity contribution in [3.05, 3.63) is 71.3 Å². The molecule has 1 heterocycles. The molecule has 0 spiro atoms. The highest BCUT2D eigenvalue weighted by atomic mass is 16.2. The van der Waals surface area contributed by atoms with E-state index in [1.807, 2.05) is 68.4 Å². The Balaban J connectivity index is 1.58. The summed E-state index contributed by atoms with van der Waals surface area (Å²) in [6.07, 6.45) is 1.62. The standard InChI is InChI=1S/C23H27N3O3/c1-16-9-13-19(14-10-16)23(3)21(28)26(22(29)25-23)15-20(27)24-17(2)11-12-18-7-5-4-6-8-18/h4-10,13-14,17H,11-12,15H2,1-3H3,(H,24,27)(H,25,29). The van der Waals surface area contributed by atoms with E-state index in [2.05, 4.69) is 10.6 Å². The predicted molar refractivity (Wildman–Crippen MR) is 111 cm³/mol. The van der Waals surface area contributed by atoms with Crippen molar-refractivity contribution in [3.63, 3.8) is 0 Å². The van der Waals surface area contributed by atoms with E-state index in [1.165, 1.54) is 5.56 Å². The molecule has 1 saturated heterocycles. The zero-order valence-corrected chi connectivity index (χ0v) is 17.1. The van der Waals surface area contributed by atoms with Crippen molar-refractivity contribution >= 4 is 17.8 Å². The molecule has 1 aliphatic rings. The molecule has 2 aromatic carbocycles. The molecule has 152 valence electrons. The summed E-state index contributed by atoms with van der Waals surface area (Å²) in [5.41, 5.74) is 1.80. The van der Waals surface area contributed by atoms with Gasteiger partial charge in [-0.3, -0.25) is 14.5 Å². The van der Waals surface area contributed by atoms with E-state index in [4.69, 9.17) is 0 Å². The molecule has 2 atom stereocenters. The minimum atomic E-state index is -1.16. The van der Waals surface area contributed by atoms with Gasteiger partial charge in [0.05, 0.1) is 0 Å². The van der Waals surface area contributed by atoms with E-state index >= 15 is 0 Å². The molecular formula is C23H27N3O3. The summed E-state index contributed by atoms with van der Waals surface area (Å²) in [6, 6.07) is 16.9. The second kappa shape index (κ2) is 8.47. The minimum Gasteiger partial charge on any atom is -0.352 e. The Labute approximate surface area is 171 Å². The maximum absolute atomic E-state index is 12.9. The molecule has 2 aromatic rings. The van der Waals surface area contributed by atoms with Crippen LogP contribution in [-0.4, -0.2) is 35.3 Å². The lowest BCUT2D eigenvalue weighted by atomic mass is 9.91. The predicted octanol–water partition coefficient (Wildman–Crippen LogP) is 2.90. The summed E-state index contributed by atoms with van der Waals surface area (Å²) >= 11 is 0. The topological polar surface area (TPSA) is 78.5 Å². The monoisotopic (exact) mass is 393 g/mol. The highest BCUT2D eigenvalue weighted by molar-refractivity contribution is 6.09. The number of benzene rings is 2. The van der Waals surface area contributed by atoms with Gasteiger partial charge in [0.1, 0.15) is 12.1 Å². The zero-order valence-electron chi connectivity index (χ0n) is 17.1. The van der Waals surface area contributed by atoms with E-state index in [-0.39, 0.29) is 18.5 Å². The molecular weight excluding hydrogens is 366 g/mol. The fourth-order valence-electron chi connectivity index (χ4n) is 3.49. The van der Waals surface area contributed by atoms with Crippen LogP contribution in [0.5, 0.6) is 0 Å². The number of hydrogen-bond acceptors (Lipinski definition) is 3. The Hall–Kier alpha value is -3.15.